The maximum atomic E-state index is 12.6. The second-order valence-corrected chi connectivity index (χ2v) is 8.80. The minimum Gasteiger partial charge on any atom is -0.349 e. The van der Waals surface area contributed by atoms with Crippen molar-refractivity contribution in [1.29, 1.82) is 0 Å². The number of carbonyl (C=O) groups excluding carboxylic acids is 1. The van der Waals surface area contributed by atoms with Gasteiger partial charge in [-0.3, -0.25) is 9.59 Å². The number of carbonyl (C=O) groups is 1. The van der Waals surface area contributed by atoms with E-state index in [2.05, 4.69) is 25.5 Å². The van der Waals surface area contributed by atoms with Crippen LogP contribution in [0.2, 0.25) is 0 Å². The number of benzene rings is 2. The van der Waals surface area contributed by atoms with Crippen molar-refractivity contribution in [2.24, 2.45) is 5.41 Å². The highest BCUT2D eigenvalue weighted by Gasteiger charge is 2.54. The molecule has 2 saturated carbocycles. The summed E-state index contributed by atoms with van der Waals surface area (Å²) in [6.45, 7) is 0. The molecule has 2 aliphatic carbocycles. The first-order valence-corrected chi connectivity index (χ1v) is 10.3. The highest BCUT2D eigenvalue weighted by atomic mass is 16.1. The van der Waals surface area contributed by atoms with Gasteiger partial charge >= 0.3 is 0 Å². The van der Waals surface area contributed by atoms with E-state index in [1.54, 1.807) is 6.33 Å². The van der Waals surface area contributed by atoms with Crippen LogP contribution >= 0.6 is 0 Å². The first-order chi connectivity index (χ1) is 14.6. The van der Waals surface area contributed by atoms with Gasteiger partial charge in [0.1, 0.15) is 0 Å². The van der Waals surface area contributed by atoms with E-state index in [0.29, 0.717) is 22.3 Å². The molecule has 0 unspecified atom stereocenters. The van der Waals surface area contributed by atoms with Crippen molar-refractivity contribution in [3.8, 4) is 0 Å². The standard InChI is InChI=1S/C23H21N5O2/c29-21(13-5-6-18-19(7-13)25-12-24-18)26-15-10-23(11-15)8-14(9-23)20-16-3-1-2-4-17(16)22(30)28-27-20/h1-7,12,14-15H,8-11H2,(H,24,25)(H,26,29)(H,28,30)/t14-,15-,23?. The Balaban J connectivity index is 1.11. The fourth-order valence-corrected chi connectivity index (χ4v) is 5.39. The van der Waals surface area contributed by atoms with Crippen molar-refractivity contribution in [2.75, 3.05) is 0 Å². The molecule has 7 nitrogen and oxygen atoms in total. The molecule has 30 heavy (non-hydrogen) atoms. The molecular formula is C23H21N5O2. The molecule has 0 bridgehead atoms. The van der Waals surface area contributed by atoms with E-state index in [-0.39, 0.29) is 17.5 Å². The second kappa shape index (κ2) is 6.26. The smallest absolute Gasteiger partial charge is 0.272 e. The number of H-pyrrole nitrogens is 2. The second-order valence-electron chi connectivity index (χ2n) is 8.80. The summed E-state index contributed by atoms with van der Waals surface area (Å²) in [6.07, 6.45) is 5.75. The zero-order valence-electron chi connectivity index (χ0n) is 16.3. The van der Waals surface area contributed by atoms with Crippen LogP contribution < -0.4 is 10.9 Å². The molecular weight excluding hydrogens is 378 g/mol. The van der Waals surface area contributed by atoms with E-state index in [1.807, 2.05) is 42.5 Å². The number of imidazole rings is 1. The lowest BCUT2D eigenvalue weighted by Gasteiger charge is -2.57. The van der Waals surface area contributed by atoms with Gasteiger partial charge in [-0.1, -0.05) is 18.2 Å². The van der Waals surface area contributed by atoms with Gasteiger partial charge in [0.2, 0.25) is 0 Å². The Morgan fingerprint density at radius 2 is 1.87 bits per heavy atom. The number of amides is 1. The predicted octanol–water partition coefficient (Wildman–Crippen LogP) is 3.26. The van der Waals surface area contributed by atoms with Crippen LogP contribution in [0.15, 0.2) is 53.6 Å². The zero-order chi connectivity index (χ0) is 20.3. The van der Waals surface area contributed by atoms with Crippen LogP contribution in [0.5, 0.6) is 0 Å². The van der Waals surface area contributed by atoms with Gasteiger partial charge in [0, 0.05) is 22.9 Å². The largest absolute Gasteiger partial charge is 0.349 e. The summed E-state index contributed by atoms with van der Waals surface area (Å²) < 4.78 is 0. The number of aromatic amines is 2. The van der Waals surface area contributed by atoms with Crippen LogP contribution in [0, 0.1) is 5.41 Å². The van der Waals surface area contributed by atoms with Gasteiger partial charge < -0.3 is 10.3 Å². The zero-order valence-corrected chi connectivity index (χ0v) is 16.3. The molecule has 7 heteroatoms. The summed E-state index contributed by atoms with van der Waals surface area (Å²) in [5.74, 6) is 0.328. The average molecular weight is 399 g/mol. The van der Waals surface area contributed by atoms with Crippen molar-refractivity contribution in [2.45, 2.75) is 37.6 Å². The van der Waals surface area contributed by atoms with Crippen LogP contribution in [0.1, 0.15) is 47.7 Å². The Kier molecular flexibility index (Phi) is 3.63. The minimum absolute atomic E-state index is 0.0380. The van der Waals surface area contributed by atoms with Crippen molar-refractivity contribution in [3.05, 3.63) is 70.4 Å². The normalized spacial score (nSPS) is 25.2. The Labute approximate surface area is 171 Å². The van der Waals surface area contributed by atoms with Crippen LogP contribution in [0.4, 0.5) is 0 Å². The van der Waals surface area contributed by atoms with Crippen LogP contribution in [0.25, 0.3) is 21.8 Å². The van der Waals surface area contributed by atoms with E-state index in [1.165, 1.54) is 0 Å². The summed E-state index contributed by atoms with van der Waals surface area (Å²) in [4.78, 5) is 31.9. The van der Waals surface area contributed by atoms with Crippen LogP contribution in [0.3, 0.4) is 0 Å². The highest BCUT2D eigenvalue weighted by molar-refractivity contribution is 5.97. The highest BCUT2D eigenvalue weighted by Crippen LogP contribution is 2.62. The summed E-state index contributed by atoms with van der Waals surface area (Å²) in [6, 6.07) is 13.4. The maximum Gasteiger partial charge on any atom is 0.272 e. The van der Waals surface area contributed by atoms with Crippen molar-refractivity contribution >= 4 is 27.7 Å². The van der Waals surface area contributed by atoms with Gasteiger partial charge in [-0.2, -0.15) is 5.10 Å². The number of fused-ring (bicyclic) bond motifs is 2. The van der Waals surface area contributed by atoms with Gasteiger partial charge in [0.25, 0.3) is 11.5 Å². The summed E-state index contributed by atoms with van der Waals surface area (Å²) in [5.41, 5.74) is 3.53. The number of hydrogen-bond acceptors (Lipinski definition) is 4. The Morgan fingerprint density at radius 3 is 2.70 bits per heavy atom. The van der Waals surface area contributed by atoms with Gasteiger partial charge in [0.05, 0.1) is 28.4 Å². The topological polar surface area (TPSA) is 104 Å². The van der Waals surface area contributed by atoms with Gasteiger partial charge in [-0.25, -0.2) is 10.1 Å². The van der Waals surface area contributed by atoms with Gasteiger partial charge in [0.15, 0.2) is 0 Å². The third kappa shape index (κ3) is 2.65. The maximum absolute atomic E-state index is 12.6. The van der Waals surface area contributed by atoms with E-state index in [0.717, 1.165) is 47.8 Å². The summed E-state index contributed by atoms with van der Waals surface area (Å²) in [7, 11) is 0. The van der Waals surface area contributed by atoms with Crippen molar-refractivity contribution in [3.63, 3.8) is 0 Å². The lowest BCUT2D eigenvalue weighted by Crippen LogP contribution is -2.55. The Morgan fingerprint density at radius 1 is 1.07 bits per heavy atom. The first kappa shape index (κ1) is 17.4. The summed E-state index contributed by atoms with van der Waals surface area (Å²) in [5, 5.41) is 11.8. The first-order valence-electron chi connectivity index (χ1n) is 10.3. The average Bonchev–Trinajstić information content (AvgIpc) is 3.17. The third-order valence-electron chi connectivity index (χ3n) is 6.85. The molecule has 1 spiro atoms. The molecule has 150 valence electrons. The summed E-state index contributed by atoms with van der Waals surface area (Å²) >= 11 is 0. The monoisotopic (exact) mass is 399 g/mol. The van der Waals surface area contributed by atoms with Gasteiger partial charge in [-0.05, 0) is 55.4 Å². The number of rotatable bonds is 3. The quantitative estimate of drug-likeness (QED) is 0.492. The van der Waals surface area contributed by atoms with Gasteiger partial charge in [-0.15, -0.1) is 0 Å². The Bertz CT molecular complexity index is 1340. The molecule has 2 aromatic heterocycles. The van der Waals surface area contributed by atoms with E-state index >= 15 is 0 Å². The Hall–Kier alpha value is -3.48. The van der Waals surface area contributed by atoms with Crippen molar-refractivity contribution in [1.82, 2.24) is 25.5 Å². The third-order valence-corrected chi connectivity index (χ3v) is 6.85. The molecule has 0 saturated heterocycles. The molecule has 2 aliphatic rings. The number of nitrogens with one attached hydrogen (secondary N) is 3. The lowest BCUT2D eigenvalue weighted by atomic mass is 9.49. The molecule has 3 N–H and O–H groups in total. The molecule has 4 aromatic rings. The van der Waals surface area contributed by atoms with Crippen LogP contribution in [-0.4, -0.2) is 32.1 Å². The van der Waals surface area contributed by atoms with E-state index in [9.17, 15) is 9.59 Å². The predicted molar refractivity (Wildman–Crippen MR) is 113 cm³/mol. The van der Waals surface area contributed by atoms with Crippen LogP contribution in [-0.2, 0) is 0 Å². The SMILES string of the molecule is O=C(N[C@H]1CC2(C1)C[C@H](c1n[nH]c(=O)c3ccccc31)C2)c1ccc2[nH]cnc2c1. The molecule has 6 rings (SSSR count). The minimum atomic E-state index is -0.136. The molecule has 0 atom stereocenters. The molecule has 2 aromatic carbocycles. The number of nitrogens with zero attached hydrogens (tertiary/aromatic N) is 2. The molecule has 2 fully saturated rings. The molecule has 0 aliphatic heterocycles. The molecule has 1 amide bonds. The van der Waals surface area contributed by atoms with Crippen molar-refractivity contribution < 1.29 is 4.79 Å². The fourth-order valence-electron chi connectivity index (χ4n) is 5.39. The van der Waals surface area contributed by atoms with E-state index < -0.39 is 0 Å². The fraction of sp³-hybridized carbons (Fsp3) is 0.304. The molecule has 2 heterocycles. The van der Waals surface area contributed by atoms with E-state index in [4.69, 9.17) is 0 Å². The lowest BCUT2D eigenvalue weighted by molar-refractivity contribution is -0.0196. The number of aromatic nitrogens is 4. The molecule has 0 radical (unpaired) electrons. The number of hydrogen-bond donors (Lipinski definition) is 3.